The second-order valence-electron chi connectivity index (χ2n) is 5.16. The third-order valence-electron chi connectivity index (χ3n) is 4.04. The van der Waals surface area contributed by atoms with E-state index < -0.39 is 11.5 Å². The standard InChI is InChI=1S/C13H21NO2/c1-13(12(15)16)9-5-6-10-14(13)11-7-3-2-4-8-11/h3,7,11H,2,4-6,8-10H2,1H3,(H,15,16). The van der Waals surface area contributed by atoms with E-state index in [1.54, 1.807) is 0 Å². The minimum absolute atomic E-state index is 0.343. The van der Waals surface area contributed by atoms with Crippen molar-refractivity contribution in [3.8, 4) is 0 Å². The highest BCUT2D eigenvalue weighted by molar-refractivity contribution is 5.78. The van der Waals surface area contributed by atoms with Gasteiger partial charge in [-0.3, -0.25) is 9.69 Å². The molecule has 0 radical (unpaired) electrons. The SMILES string of the molecule is CC1(C(=O)O)CCCCN1C1C=CCCC1. The summed E-state index contributed by atoms with van der Waals surface area (Å²) in [6.45, 7) is 2.81. The molecule has 3 heteroatoms. The van der Waals surface area contributed by atoms with Gasteiger partial charge < -0.3 is 5.11 Å². The van der Waals surface area contributed by atoms with E-state index in [0.717, 1.165) is 38.6 Å². The third kappa shape index (κ3) is 2.01. The molecule has 1 aliphatic carbocycles. The van der Waals surface area contributed by atoms with Crippen LogP contribution in [0.15, 0.2) is 12.2 Å². The number of nitrogens with zero attached hydrogens (tertiary/aromatic N) is 1. The van der Waals surface area contributed by atoms with Gasteiger partial charge in [-0.25, -0.2) is 0 Å². The number of hydrogen-bond donors (Lipinski definition) is 1. The summed E-state index contributed by atoms with van der Waals surface area (Å²) >= 11 is 0. The zero-order valence-electron chi connectivity index (χ0n) is 9.98. The first kappa shape index (κ1) is 11.6. The van der Waals surface area contributed by atoms with E-state index in [2.05, 4.69) is 17.1 Å². The van der Waals surface area contributed by atoms with Gasteiger partial charge in [0.25, 0.3) is 0 Å². The summed E-state index contributed by atoms with van der Waals surface area (Å²) in [7, 11) is 0. The lowest BCUT2D eigenvalue weighted by Crippen LogP contribution is -2.58. The molecule has 2 rings (SSSR count). The van der Waals surface area contributed by atoms with Crippen molar-refractivity contribution < 1.29 is 9.90 Å². The van der Waals surface area contributed by atoms with Crippen LogP contribution in [-0.2, 0) is 4.79 Å². The molecule has 0 spiro atoms. The Kier molecular flexibility index (Phi) is 3.33. The van der Waals surface area contributed by atoms with E-state index in [9.17, 15) is 9.90 Å². The molecule has 16 heavy (non-hydrogen) atoms. The number of carbonyl (C=O) groups is 1. The summed E-state index contributed by atoms with van der Waals surface area (Å²) in [5.74, 6) is -0.661. The first-order chi connectivity index (χ1) is 7.64. The van der Waals surface area contributed by atoms with Crippen molar-refractivity contribution >= 4 is 5.97 Å². The van der Waals surface area contributed by atoms with Gasteiger partial charge in [0, 0.05) is 6.04 Å². The highest BCUT2D eigenvalue weighted by Gasteiger charge is 2.43. The van der Waals surface area contributed by atoms with Crippen molar-refractivity contribution in [2.45, 2.75) is 57.0 Å². The van der Waals surface area contributed by atoms with Gasteiger partial charge >= 0.3 is 5.97 Å². The van der Waals surface area contributed by atoms with Crippen molar-refractivity contribution in [3.63, 3.8) is 0 Å². The van der Waals surface area contributed by atoms with Crippen molar-refractivity contribution in [1.29, 1.82) is 0 Å². The van der Waals surface area contributed by atoms with Crippen molar-refractivity contribution in [3.05, 3.63) is 12.2 Å². The molecule has 0 aromatic rings. The van der Waals surface area contributed by atoms with Crippen LogP contribution in [0.1, 0.15) is 45.4 Å². The van der Waals surface area contributed by atoms with Gasteiger partial charge in [-0.15, -0.1) is 0 Å². The molecule has 0 aromatic carbocycles. The van der Waals surface area contributed by atoms with Crippen molar-refractivity contribution in [2.75, 3.05) is 6.54 Å². The van der Waals surface area contributed by atoms with Gasteiger partial charge in [-0.1, -0.05) is 12.2 Å². The molecule has 1 aliphatic heterocycles. The number of rotatable bonds is 2. The lowest BCUT2D eigenvalue weighted by atomic mass is 9.85. The molecular weight excluding hydrogens is 202 g/mol. The molecule has 2 unspecified atom stereocenters. The zero-order valence-corrected chi connectivity index (χ0v) is 9.98. The predicted octanol–water partition coefficient (Wildman–Crippen LogP) is 2.42. The fourth-order valence-corrected chi connectivity index (χ4v) is 2.96. The van der Waals surface area contributed by atoms with Gasteiger partial charge in [-0.2, -0.15) is 0 Å². The average molecular weight is 223 g/mol. The second-order valence-corrected chi connectivity index (χ2v) is 5.16. The molecule has 1 saturated heterocycles. The lowest BCUT2D eigenvalue weighted by Gasteiger charge is -2.46. The van der Waals surface area contributed by atoms with Crippen LogP contribution in [-0.4, -0.2) is 34.1 Å². The molecule has 3 nitrogen and oxygen atoms in total. The highest BCUT2D eigenvalue weighted by atomic mass is 16.4. The maximum Gasteiger partial charge on any atom is 0.323 e. The summed E-state index contributed by atoms with van der Waals surface area (Å²) in [6.07, 6.45) is 10.8. The lowest BCUT2D eigenvalue weighted by molar-refractivity contribution is -0.154. The molecule has 0 aromatic heterocycles. The quantitative estimate of drug-likeness (QED) is 0.731. The summed E-state index contributed by atoms with van der Waals surface area (Å²) in [5.41, 5.74) is -0.648. The van der Waals surface area contributed by atoms with E-state index in [-0.39, 0.29) is 0 Å². The number of piperidine rings is 1. The molecule has 0 bridgehead atoms. The normalized spacial score (nSPS) is 36.2. The Morgan fingerprint density at radius 1 is 1.44 bits per heavy atom. The highest BCUT2D eigenvalue weighted by Crippen LogP contribution is 2.33. The largest absolute Gasteiger partial charge is 0.480 e. The van der Waals surface area contributed by atoms with Crippen LogP contribution in [0, 0.1) is 0 Å². The van der Waals surface area contributed by atoms with Crippen LogP contribution in [0.2, 0.25) is 0 Å². The van der Waals surface area contributed by atoms with Crippen LogP contribution >= 0.6 is 0 Å². The second kappa shape index (κ2) is 4.58. The van der Waals surface area contributed by atoms with Crippen LogP contribution in [0.3, 0.4) is 0 Å². The summed E-state index contributed by atoms with van der Waals surface area (Å²) in [4.78, 5) is 13.7. The van der Waals surface area contributed by atoms with Crippen LogP contribution in [0.25, 0.3) is 0 Å². The Bertz CT molecular complexity index is 300. The molecule has 1 fully saturated rings. The van der Waals surface area contributed by atoms with Gasteiger partial charge in [0.1, 0.15) is 5.54 Å². The number of allylic oxidation sites excluding steroid dienone is 1. The fourth-order valence-electron chi connectivity index (χ4n) is 2.96. The van der Waals surface area contributed by atoms with Crippen LogP contribution < -0.4 is 0 Å². The molecule has 2 atom stereocenters. The minimum atomic E-state index is -0.661. The summed E-state index contributed by atoms with van der Waals surface area (Å²) < 4.78 is 0. The molecule has 1 heterocycles. The van der Waals surface area contributed by atoms with Crippen molar-refractivity contribution in [2.24, 2.45) is 0 Å². The molecule has 2 aliphatic rings. The van der Waals surface area contributed by atoms with Gasteiger partial charge in [0.2, 0.25) is 0 Å². The topological polar surface area (TPSA) is 40.5 Å². The molecular formula is C13H21NO2. The maximum absolute atomic E-state index is 11.5. The number of hydrogen-bond acceptors (Lipinski definition) is 2. The van der Waals surface area contributed by atoms with Crippen molar-refractivity contribution in [1.82, 2.24) is 4.90 Å². The molecule has 0 amide bonds. The Morgan fingerprint density at radius 2 is 2.25 bits per heavy atom. The van der Waals surface area contributed by atoms with E-state index in [1.807, 2.05) is 6.92 Å². The number of likely N-dealkylation sites (tertiary alicyclic amines) is 1. The predicted molar refractivity (Wildman–Crippen MR) is 63.4 cm³/mol. The van der Waals surface area contributed by atoms with Gasteiger partial charge in [0.05, 0.1) is 0 Å². The summed E-state index contributed by atoms with van der Waals surface area (Å²) in [6, 6.07) is 0.343. The third-order valence-corrected chi connectivity index (χ3v) is 4.04. The smallest absolute Gasteiger partial charge is 0.323 e. The van der Waals surface area contributed by atoms with Gasteiger partial charge in [-0.05, 0) is 52.0 Å². The Hall–Kier alpha value is -0.830. The minimum Gasteiger partial charge on any atom is -0.480 e. The average Bonchev–Trinajstić information content (AvgIpc) is 2.30. The van der Waals surface area contributed by atoms with E-state index in [1.165, 1.54) is 6.42 Å². The molecule has 1 N–H and O–H groups in total. The fraction of sp³-hybridized carbons (Fsp3) is 0.769. The maximum atomic E-state index is 11.5. The molecule has 0 saturated carbocycles. The number of aliphatic carboxylic acids is 1. The first-order valence-corrected chi connectivity index (χ1v) is 6.31. The number of carboxylic acid groups (broad SMARTS) is 1. The monoisotopic (exact) mass is 223 g/mol. The van der Waals surface area contributed by atoms with E-state index in [4.69, 9.17) is 0 Å². The van der Waals surface area contributed by atoms with E-state index >= 15 is 0 Å². The summed E-state index contributed by atoms with van der Waals surface area (Å²) in [5, 5.41) is 9.43. The van der Waals surface area contributed by atoms with Crippen LogP contribution in [0.5, 0.6) is 0 Å². The first-order valence-electron chi connectivity index (χ1n) is 6.31. The van der Waals surface area contributed by atoms with Crippen LogP contribution in [0.4, 0.5) is 0 Å². The van der Waals surface area contributed by atoms with E-state index in [0.29, 0.717) is 6.04 Å². The van der Waals surface area contributed by atoms with Gasteiger partial charge in [0.15, 0.2) is 0 Å². The molecule has 90 valence electrons. The Morgan fingerprint density at radius 3 is 2.88 bits per heavy atom. The zero-order chi connectivity index (χ0) is 11.6. The number of carboxylic acids is 1. The Labute approximate surface area is 97.1 Å². The Balaban J connectivity index is 2.18.